The maximum atomic E-state index is 13.4. The first-order valence-corrected chi connectivity index (χ1v) is 12.2. The molecule has 1 fully saturated rings. The molecule has 212 valence electrons. The van der Waals surface area contributed by atoms with Crippen molar-refractivity contribution in [3.63, 3.8) is 0 Å². The number of urea groups is 1. The first kappa shape index (κ1) is 28.3. The number of hydrogen-bond acceptors (Lipinski definition) is 10. The summed E-state index contributed by atoms with van der Waals surface area (Å²) in [5.74, 6) is -6.60. The second-order valence-corrected chi connectivity index (χ2v) is 9.20. The van der Waals surface area contributed by atoms with Crippen LogP contribution in [0.25, 0.3) is 0 Å². The minimum atomic E-state index is -1.83. The number of aliphatic hydroxyl groups is 1. The average molecular weight is 558 g/mol. The maximum Gasteiger partial charge on any atom is 0.547 e. The first-order chi connectivity index (χ1) is 18.9. The highest BCUT2D eigenvalue weighted by atomic mass is 16.5. The van der Waals surface area contributed by atoms with E-state index in [0.29, 0.717) is 12.1 Å². The molecule has 2 aliphatic heterocycles. The molecule has 0 aromatic heterocycles. The molecule has 4 amide bonds. The van der Waals surface area contributed by atoms with Crippen molar-refractivity contribution in [3.8, 4) is 23.0 Å². The Morgan fingerprint density at radius 1 is 1.15 bits per heavy atom. The van der Waals surface area contributed by atoms with E-state index in [-0.39, 0.29) is 36.4 Å². The van der Waals surface area contributed by atoms with Crippen molar-refractivity contribution in [1.29, 1.82) is 0 Å². The van der Waals surface area contributed by atoms with Crippen LogP contribution in [0.4, 0.5) is 4.79 Å². The van der Waals surface area contributed by atoms with Crippen molar-refractivity contribution in [2.45, 2.75) is 31.6 Å². The quantitative estimate of drug-likeness (QED) is 0.156. The summed E-state index contributed by atoms with van der Waals surface area (Å²) in [5.41, 5.74) is 0.00987. The molecule has 3 atom stereocenters. The number of aromatic hydroxyl groups is 3. The lowest BCUT2D eigenvalue weighted by molar-refractivity contribution is -0.153. The summed E-state index contributed by atoms with van der Waals surface area (Å²) in [7, 11) is -1.68. The van der Waals surface area contributed by atoms with E-state index in [1.807, 2.05) is 0 Å². The monoisotopic (exact) mass is 558 g/mol. The number of amides is 4. The van der Waals surface area contributed by atoms with Crippen molar-refractivity contribution in [2.75, 3.05) is 19.6 Å². The molecule has 0 aliphatic carbocycles. The SMILES string of the molecule is CCN1CCN(C(=O)NC(C(=O)N[C@H]2Cc3cccc(C(=O)O)c3OB2O)c2cc(O)c(O)c(O)c2)C(O)C1=O. The van der Waals surface area contributed by atoms with Crippen LogP contribution in [0.5, 0.6) is 23.0 Å². The van der Waals surface area contributed by atoms with E-state index in [2.05, 4.69) is 10.6 Å². The van der Waals surface area contributed by atoms with Crippen LogP contribution >= 0.6 is 0 Å². The van der Waals surface area contributed by atoms with Crippen molar-refractivity contribution in [2.24, 2.45) is 0 Å². The van der Waals surface area contributed by atoms with Crippen molar-refractivity contribution in [1.82, 2.24) is 20.4 Å². The Morgan fingerprint density at radius 2 is 1.82 bits per heavy atom. The van der Waals surface area contributed by atoms with E-state index in [9.17, 15) is 49.7 Å². The van der Waals surface area contributed by atoms with Gasteiger partial charge in [-0.3, -0.25) is 14.5 Å². The zero-order valence-corrected chi connectivity index (χ0v) is 21.1. The molecule has 0 spiro atoms. The molecular weight excluding hydrogens is 531 g/mol. The lowest BCUT2D eigenvalue weighted by atomic mass is 9.72. The number of likely N-dealkylation sites (N-methyl/N-ethyl adjacent to an activating group) is 1. The summed E-state index contributed by atoms with van der Waals surface area (Å²) in [6.07, 6.45) is -1.88. The summed E-state index contributed by atoms with van der Waals surface area (Å²) in [5, 5.41) is 64.9. The van der Waals surface area contributed by atoms with Gasteiger partial charge in [0.25, 0.3) is 5.91 Å². The second kappa shape index (κ2) is 11.2. The van der Waals surface area contributed by atoms with Gasteiger partial charge in [0.2, 0.25) is 12.1 Å². The number of piperazine rings is 1. The lowest BCUT2D eigenvalue weighted by Crippen LogP contribution is -2.61. The maximum absolute atomic E-state index is 13.4. The van der Waals surface area contributed by atoms with Crippen LogP contribution in [0.3, 0.4) is 0 Å². The molecule has 16 heteroatoms. The van der Waals surface area contributed by atoms with E-state index in [4.69, 9.17) is 4.65 Å². The predicted molar refractivity (Wildman–Crippen MR) is 135 cm³/mol. The van der Waals surface area contributed by atoms with E-state index >= 15 is 0 Å². The fraction of sp³-hybridized carbons (Fsp3) is 0.333. The molecule has 2 aliphatic rings. The zero-order chi connectivity index (χ0) is 29.3. The number of carbonyl (C=O) groups is 4. The molecule has 0 bridgehead atoms. The third kappa shape index (κ3) is 5.39. The number of rotatable bonds is 6. The number of phenols is 3. The van der Waals surface area contributed by atoms with Gasteiger partial charge in [0.1, 0.15) is 11.8 Å². The molecule has 4 rings (SSSR count). The minimum Gasteiger partial charge on any atom is -0.534 e. The second-order valence-electron chi connectivity index (χ2n) is 9.20. The molecule has 0 saturated carbocycles. The van der Waals surface area contributed by atoms with E-state index in [0.717, 1.165) is 17.0 Å². The van der Waals surface area contributed by atoms with Crippen LogP contribution in [0.15, 0.2) is 30.3 Å². The summed E-state index contributed by atoms with van der Waals surface area (Å²) in [6, 6.07) is 3.45. The largest absolute Gasteiger partial charge is 0.547 e. The minimum absolute atomic E-state index is 0.0533. The highest BCUT2D eigenvalue weighted by molar-refractivity contribution is 6.47. The summed E-state index contributed by atoms with van der Waals surface area (Å²) in [6.45, 7) is 2.08. The topological polar surface area (TPSA) is 229 Å². The predicted octanol–water partition coefficient (Wildman–Crippen LogP) is -1.13. The zero-order valence-electron chi connectivity index (χ0n) is 21.1. The highest BCUT2D eigenvalue weighted by Crippen LogP contribution is 2.37. The van der Waals surface area contributed by atoms with Gasteiger partial charge in [-0.05, 0) is 42.7 Å². The van der Waals surface area contributed by atoms with Gasteiger partial charge < -0.3 is 50.7 Å². The fourth-order valence-electron chi connectivity index (χ4n) is 4.56. The first-order valence-electron chi connectivity index (χ1n) is 12.2. The number of para-hydroxylation sites is 1. The number of hydrogen-bond donors (Lipinski definition) is 8. The molecule has 8 N–H and O–H groups in total. The molecule has 2 heterocycles. The van der Waals surface area contributed by atoms with Crippen LogP contribution in [-0.2, 0) is 16.0 Å². The number of carbonyl (C=O) groups excluding carboxylic acids is 3. The van der Waals surface area contributed by atoms with Crippen molar-refractivity contribution < 1.29 is 54.4 Å². The molecule has 0 radical (unpaired) electrons. The molecule has 40 heavy (non-hydrogen) atoms. The average Bonchev–Trinajstić information content (AvgIpc) is 2.91. The number of carboxylic acid groups (broad SMARTS) is 1. The molecule has 2 unspecified atom stereocenters. The third-order valence-electron chi connectivity index (χ3n) is 6.71. The molecule has 2 aromatic rings. The lowest BCUT2D eigenvalue weighted by Gasteiger charge is -2.38. The molecule has 15 nitrogen and oxygen atoms in total. The van der Waals surface area contributed by atoms with Gasteiger partial charge in [-0.2, -0.15) is 0 Å². The van der Waals surface area contributed by atoms with Gasteiger partial charge in [-0.1, -0.05) is 12.1 Å². The van der Waals surface area contributed by atoms with Gasteiger partial charge >= 0.3 is 19.1 Å². The smallest absolute Gasteiger partial charge is 0.534 e. The number of nitrogens with one attached hydrogen (secondary N) is 2. The number of fused-ring (bicyclic) bond motifs is 1. The Hall–Kier alpha value is -4.70. The van der Waals surface area contributed by atoms with Crippen LogP contribution in [0.1, 0.15) is 34.5 Å². The number of nitrogens with zero attached hydrogens (tertiary/aromatic N) is 2. The molecule has 2 aromatic carbocycles. The molecular formula is C24H27BN4O11. The number of aromatic carboxylic acids is 1. The van der Waals surface area contributed by atoms with Crippen LogP contribution in [0, 0.1) is 0 Å². The summed E-state index contributed by atoms with van der Waals surface area (Å²) >= 11 is 0. The Morgan fingerprint density at radius 3 is 2.45 bits per heavy atom. The molecule has 1 saturated heterocycles. The third-order valence-corrected chi connectivity index (χ3v) is 6.71. The van der Waals surface area contributed by atoms with Crippen LogP contribution in [0.2, 0.25) is 0 Å². The Kier molecular flexibility index (Phi) is 7.92. The van der Waals surface area contributed by atoms with E-state index in [1.165, 1.54) is 17.0 Å². The van der Waals surface area contributed by atoms with E-state index < -0.39 is 66.4 Å². The van der Waals surface area contributed by atoms with Gasteiger partial charge in [0.15, 0.2) is 17.2 Å². The van der Waals surface area contributed by atoms with E-state index in [1.54, 1.807) is 13.0 Å². The van der Waals surface area contributed by atoms with Gasteiger partial charge in [-0.25, -0.2) is 9.59 Å². The number of benzene rings is 2. The normalized spacial score (nSPS) is 19.4. The van der Waals surface area contributed by atoms with Crippen LogP contribution < -0.4 is 15.3 Å². The summed E-state index contributed by atoms with van der Waals surface area (Å²) < 4.78 is 5.38. The van der Waals surface area contributed by atoms with Gasteiger partial charge in [0, 0.05) is 19.6 Å². The van der Waals surface area contributed by atoms with Gasteiger partial charge in [-0.15, -0.1) is 0 Å². The number of aliphatic hydroxyl groups excluding tert-OH is 1. The highest BCUT2D eigenvalue weighted by Gasteiger charge is 2.41. The Bertz CT molecular complexity index is 1330. The number of carboxylic acids is 1. The van der Waals surface area contributed by atoms with Crippen molar-refractivity contribution in [3.05, 3.63) is 47.0 Å². The number of phenolic OH excluding ortho intramolecular Hbond substituents is 3. The standard InChI is InChI=1S/C24H27BN4O11/c1-2-28-6-7-29(22(35)21(28)34)24(38)27-17(12-8-14(30)18(32)15(31)9-12)20(33)26-16-10-11-4-3-5-13(23(36)37)19(11)40-25(16)39/h3-5,8-9,16-17,22,30-32,35,39H,2,6-7,10H2,1H3,(H,26,33)(H,27,38)(H,36,37)/t16-,17?,22?/m0/s1. The van der Waals surface area contributed by atoms with Crippen LogP contribution in [-0.4, -0.2) is 103 Å². The fourth-order valence-corrected chi connectivity index (χ4v) is 4.56. The Balaban J connectivity index is 1.60. The van der Waals surface area contributed by atoms with Crippen molar-refractivity contribution >= 4 is 30.9 Å². The van der Waals surface area contributed by atoms with Gasteiger partial charge in [0.05, 0.1) is 11.5 Å². The Labute approximate surface area is 227 Å². The summed E-state index contributed by atoms with van der Waals surface area (Å²) in [4.78, 5) is 52.5.